The fourth-order valence-corrected chi connectivity index (χ4v) is 4.00. The third kappa shape index (κ3) is 3.41. The normalized spacial score (nSPS) is 14.0. The van der Waals surface area contributed by atoms with Crippen molar-refractivity contribution in [2.24, 2.45) is 0 Å². The van der Waals surface area contributed by atoms with E-state index in [0.29, 0.717) is 5.56 Å². The molecule has 1 N–H and O–H groups in total. The fourth-order valence-electron chi connectivity index (χ4n) is 2.69. The van der Waals surface area contributed by atoms with E-state index in [2.05, 4.69) is 10.8 Å². The molecule has 0 amide bonds. The molecule has 3 rings (SSSR count). The van der Waals surface area contributed by atoms with Gasteiger partial charge in [0, 0.05) is 0 Å². The van der Waals surface area contributed by atoms with Gasteiger partial charge in [-0.2, -0.15) is 9.98 Å². The molecule has 5 heteroatoms. The van der Waals surface area contributed by atoms with Gasteiger partial charge >= 0.3 is 0 Å². The minimum atomic E-state index is -3.82. The first-order valence-electron chi connectivity index (χ1n) is 7.85. The summed E-state index contributed by atoms with van der Waals surface area (Å²) in [5.74, 6) is 0. The number of hydrogen-bond acceptors (Lipinski definition) is 3. The van der Waals surface area contributed by atoms with Gasteiger partial charge < -0.3 is 0 Å². The van der Waals surface area contributed by atoms with Crippen molar-refractivity contribution < 1.29 is 8.42 Å². The van der Waals surface area contributed by atoms with Crippen LogP contribution in [0, 0.1) is 18.3 Å². The third-order valence-corrected chi connectivity index (χ3v) is 5.79. The molecule has 4 nitrogen and oxygen atoms in total. The quantitative estimate of drug-likeness (QED) is 0.776. The molecule has 0 heterocycles. The van der Waals surface area contributed by atoms with Gasteiger partial charge in [0.15, 0.2) is 0 Å². The largest absolute Gasteiger partial charge is 0.242 e. The minimum Gasteiger partial charge on any atom is -0.207 e. The summed E-state index contributed by atoms with van der Waals surface area (Å²) in [6, 6.07) is 21.9. The third-order valence-electron chi connectivity index (χ3n) is 4.22. The first-order chi connectivity index (χ1) is 11.8. The van der Waals surface area contributed by atoms with Crippen LogP contribution in [0.1, 0.15) is 18.1 Å². The van der Waals surface area contributed by atoms with E-state index < -0.39 is 15.6 Å². The Morgan fingerprint density at radius 3 is 2.24 bits per heavy atom. The molecule has 25 heavy (non-hydrogen) atoms. The number of rotatable bonds is 4. The Kier molecular flexibility index (Phi) is 4.34. The van der Waals surface area contributed by atoms with Crippen LogP contribution >= 0.6 is 0 Å². The van der Waals surface area contributed by atoms with E-state index in [1.54, 1.807) is 25.1 Å². The first kappa shape index (κ1) is 17.2. The average molecular weight is 350 g/mol. The number of hydrogen-bond donors (Lipinski definition) is 1. The van der Waals surface area contributed by atoms with Crippen LogP contribution in [0.2, 0.25) is 0 Å². The van der Waals surface area contributed by atoms with Crippen molar-refractivity contribution in [1.29, 1.82) is 5.26 Å². The summed E-state index contributed by atoms with van der Waals surface area (Å²) in [6.45, 7) is 3.46. The second-order valence-electron chi connectivity index (χ2n) is 6.22. The summed E-state index contributed by atoms with van der Waals surface area (Å²) in [4.78, 5) is 0.139. The second-order valence-corrected chi connectivity index (χ2v) is 7.90. The van der Waals surface area contributed by atoms with Gasteiger partial charge in [0.05, 0.1) is 11.0 Å². The predicted molar refractivity (Wildman–Crippen MR) is 98.4 cm³/mol. The molecule has 3 aromatic rings. The van der Waals surface area contributed by atoms with Gasteiger partial charge in [0.2, 0.25) is 10.0 Å². The maximum Gasteiger partial charge on any atom is 0.242 e. The number of aryl methyl sites for hydroxylation is 1. The zero-order valence-electron chi connectivity index (χ0n) is 14.0. The molecule has 0 spiro atoms. The number of fused-ring (bicyclic) bond motifs is 1. The number of nitrogens with one attached hydrogen (secondary N) is 1. The van der Waals surface area contributed by atoms with Gasteiger partial charge in [0.1, 0.15) is 5.54 Å². The summed E-state index contributed by atoms with van der Waals surface area (Å²) in [7, 11) is -3.82. The van der Waals surface area contributed by atoms with Crippen LogP contribution in [-0.4, -0.2) is 8.42 Å². The summed E-state index contributed by atoms with van der Waals surface area (Å²) in [5.41, 5.74) is 0.203. The Morgan fingerprint density at radius 2 is 1.60 bits per heavy atom. The molecule has 0 aliphatic carbocycles. The van der Waals surface area contributed by atoms with Gasteiger partial charge in [-0.15, -0.1) is 0 Å². The topological polar surface area (TPSA) is 70.0 Å². The predicted octanol–water partition coefficient (Wildman–Crippen LogP) is 3.87. The number of sulfonamides is 1. The summed E-state index contributed by atoms with van der Waals surface area (Å²) < 4.78 is 27.9. The van der Waals surface area contributed by atoms with E-state index >= 15 is 0 Å². The molecular weight excluding hydrogens is 332 g/mol. The van der Waals surface area contributed by atoms with Crippen molar-refractivity contribution >= 4 is 20.8 Å². The van der Waals surface area contributed by atoms with Crippen LogP contribution in [0.4, 0.5) is 0 Å². The van der Waals surface area contributed by atoms with E-state index in [1.165, 1.54) is 12.1 Å². The first-order valence-corrected chi connectivity index (χ1v) is 9.34. The molecule has 0 aromatic heterocycles. The van der Waals surface area contributed by atoms with Crippen molar-refractivity contribution in [3.8, 4) is 6.07 Å². The van der Waals surface area contributed by atoms with Crippen molar-refractivity contribution in [2.45, 2.75) is 24.3 Å². The minimum absolute atomic E-state index is 0.139. The second kappa shape index (κ2) is 6.32. The lowest BCUT2D eigenvalue weighted by Crippen LogP contribution is -2.42. The number of nitrogens with zero attached hydrogens (tertiary/aromatic N) is 1. The monoisotopic (exact) mass is 350 g/mol. The van der Waals surface area contributed by atoms with Crippen LogP contribution in [0.5, 0.6) is 0 Å². The molecule has 0 unspecified atom stereocenters. The van der Waals surface area contributed by atoms with Gasteiger partial charge in [-0.1, -0.05) is 54.1 Å². The maximum atomic E-state index is 12.7. The van der Waals surface area contributed by atoms with Crippen LogP contribution < -0.4 is 4.72 Å². The standard InChI is InChI=1S/C20H18N2O2S/c1-15-7-11-19(12-8-15)25(23,24)22-20(2,14-21)18-10-9-16-5-3-4-6-17(16)13-18/h3-13,22H,1-2H3/t20-/m0/s1. The van der Waals surface area contributed by atoms with Gasteiger partial charge in [-0.3, -0.25) is 0 Å². The molecule has 0 saturated heterocycles. The van der Waals surface area contributed by atoms with Crippen LogP contribution in [0.25, 0.3) is 10.8 Å². The van der Waals surface area contributed by atoms with E-state index in [0.717, 1.165) is 16.3 Å². The number of nitriles is 1. The van der Waals surface area contributed by atoms with E-state index in [9.17, 15) is 13.7 Å². The molecule has 0 fully saturated rings. The molecule has 0 bridgehead atoms. The van der Waals surface area contributed by atoms with Gasteiger partial charge in [-0.25, -0.2) is 8.42 Å². The fraction of sp³-hybridized carbons (Fsp3) is 0.150. The lowest BCUT2D eigenvalue weighted by Gasteiger charge is -2.24. The van der Waals surface area contributed by atoms with E-state index in [-0.39, 0.29) is 4.90 Å². The van der Waals surface area contributed by atoms with Crippen molar-refractivity contribution in [1.82, 2.24) is 4.72 Å². The molecule has 126 valence electrons. The summed E-state index contributed by atoms with van der Waals surface area (Å²) in [5, 5.41) is 11.7. The zero-order chi connectivity index (χ0) is 18.1. The maximum absolute atomic E-state index is 12.7. The molecule has 3 aromatic carbocycles. The van der Waals surface area contributed by atoms with E-state index in [1.807, 2.05) is 43.3 Å². The molecule has 1 atom stereocenters. The Labute approximate surface area is 147 Å². The molecular formula is C20H18N2O2S. The van der Waals surface area contributed by atoms with Crippen LogP contribution in [-0.2, 0) is 15.6 Å². The Morgan fingerprint density at radius 1 is 0.960 bits per heavy atom. The lowest BCUT2D eigenvalue weighted by atomic mass is 9.93. The average Bonchev–Trinajstić information content (AvgIpc) is 2.61. The highest BCUT2D eigenvalue weighted by molar-refractivity contribution is 7.89. The summed E-state index contributed by atoms with van der Waals surface area (Å²) >= 11 is 0. The highest BCUT2D eigenvalue weighted by Crippen LogP contribution is 2.26. The van der Waals surface area contributed by atoms with Gasteiger partial charge in [-0.05, 0) is 48.4 Å². The molecule has 0 aliphatic rings. The smallest absolute Gasteiger partial charge is 0.207 e. The highest BCUT2D eigenvalue weighted by atomic mass is 32.2. The molecule has 0 saturated carbocycles. The summed E-state index contributed by atoms with van der Waals surface area (Å²) in [6.07, 6.45) is 0. The van der Waals surface area contributed by atoms with Crippen LogP contribution in [0.3, 0.4) is 0 Å². The number of benzene rings is 3. The van der Waals surface area contributed by atoms with Crippen LogP contribution in [0.15, 0.2) is 71.6 Å². The van der Waals surface area contributed by atoms with Crippen molar-refractivity contribution in [3.63, 3.8) is 0 Å². The Bertz CT molecular complexity index is 1070. The highest BCUT2D eigenvalue weighted by Gasteiger charge is 2.32. The SMILES string of the molecule is Cc1ccc(S(=O)(=O)N[C@@](C)(C#N)c2ccc3ccccc3c2)cc1. The van der Waals surface area contributed by atoms with Crippen molar-refractivity contribution in [2.75, 3.05) is 0 Å². The zero-order valence-corrected chi connectivity index (χ0v) is 14.8. The molecule has 0 radical (unpaired) electrons. The van der Waals surface area contributed by atoms with Crippen molar-refractivity contribution in [3.05, 3.63) is 77.9 Å². The lowest BCUT2D eigenvalue weighted by molar-refractivity contribution is 0.524. The van der Waals surface area contributed by atoms with E-state index in [4.69, 9.17) is 0 Å². The molecule has 0 aliphatic heterocycles. The van der Waals surface area contributed by atoms with Gasteiger partial charge in [0.25, 0.3) is 0 Å². The Balaban J connectivity index is 2.02. The Hall–Kier alpha value is -2.68.